The van der Waals surface area contributed by atoms with Crippen molar-refractivity contribution in [1.82, 2.24) is 15.1 Å². The second kappa shape index (κ2) is 10.0. The third-order valence-corrected chi connectivity index (χ3v) is 5.90. The lowest BCUT2D eigenvalue weighted by molar-refractivity contribution is -0.127. The van der Waals surface area contributed by atoms with Crippen LogP contribution in [-0.4, -0.2) is 58.5 Å². The number of carbonyl (C=O) groups is 2. The SMILES string of the molecule is CCCCCCCCN1C(SCCCC)=NC2C1C(=O)NC(=O)N2C. The summed E-state index contributed by atoms with van der Waals surface area (Å²) in [6, 6.07) is -0.725. The van der Waals surface area contributed by atoms with E-state index in [0.717, 1.165) is 36.7 Å². The molecule has 142 valence electrons. The van der Waals surface area contributed by atoms with Crippen LogP contribution in [-0.2, 0) is 4.79 Å². The van der Waals surface area contributed by atoms with Crippen molar-refractivity contribution < 1.29 is 9.59 Å². The van der Waals surface area contributed by atoms with Crippen molar-refractivity contribution in [3.05, 3.63) is 0 Å². The average molecular weight is 369 g/mol. The number of hydrogen-bond donors (Lipinski definition) is 1. The third kappa shape index (κ3) is 5.12. The van der Waals surface area contributed by atoms with Gasteiger partial charge in [0.2, 0.25) is 0 Å². The molecule has 0 aromatic heterocycles. The smallest absolute Gasteiger partial charge is 0.325 e. The van der Waals surface area contributed by atoms with Crippen LogP contribution in [0.4, 0.5) is 4.79 Å². The second-order valence-electron chi connectivity index (χ2n) is 6.84. The zero-order valence-electron chi connectivity index (χ0n) is 15.8. The van der Waals surface area contributed by atoms with E-state index < -0.39 is 0 Å². The van der Waals surface area contributed by atoms with Crippen LogP contribution in [0.1, 0.15) is 65.2 Å². The molecular weight excluding hydrogens is 336 g/mol. The zero-order chi connectivity index (χ0) is 18.2. The molecule has 2 atom stereocenters. The highest BCUT2D eigenvalue weighted by Gasteiger charge is 2.48. The first kappa shape index (κ1) is 20.1. The van der Waals surface area contributed by atoms with Gasteiger partial charge in [-0.25, -0.2) is 9.79 Å². The Balaban J connectivity index is 1.98. The number of likely N-dealkylation sites (N-methyl/N-ethyl adjacent to an activating group) is 1. The van der Waals surface area contributed by atoms with Crippen molar-refractivity contribution in [3.63, 3.8) is 0 Å². The molecule has 0 aliphatic carbocycles. The summed E-state index contributed by atoms with van der Waals surface area (Å²) in [6.07, 6.45) is 9.20. The second-order valence-corrected chi connectivity index (χ2v) is 7.90. The Hall–Kier alpha value is -1.24. The Morgan fingerprint density at radius 1 is 1.04 bits per heavy atom. The summed E-state index contributed by atoms with van der Waals surface area (Å²) in [7, 11) is 1.71. The summed E-state index contributed by atoms with van der Waals surface area (Å²) >= 11 is 1.72. The van der Waals surface area contributed by atoms with E-state index in [2.05, 4.69) is 24.1 Å². The van der Waals surface area contributed by atoms with Crippen molar-refractivity contribution in [2.24, 2.45) is 4.99 Å². The van der Waals surface area contributed by atoms with Crippen molar-refractivity contribution in [2.45, 2.75) is 77.4 Å². The molecule has 6 nitrogen and oxygen atoms in total. The minimum absolute atomic E-state index is 0.214. The van der Waals surface area contributed by atoms with Gasteiger partial charge in [0.15, 0.2) is 17.4 Å². The third-order valence-electron chi connectivity index (χ3n) is 4.80. The lowest BCUT2D eigenvalue weighted by Crippen LogP contribution is -2.63. The quantitative estimate of drug-likeness (QED) is 0.600. The van der Waals surface area contributed by atoms with E-state index in [4.69, 9.17) is 4.99 Å². The molecule has 0 aromatic carbocycles. The predicted octanol–water partition coefficient (Wildman–Crippen LogP) is 3.43. The summed E-state index contributed by atoms with van der Waals surface area (Å²) in [5.74, 6) is 0.787. The van der Waals surface area contributed by atoms with Crippen LogP contribution in [0.2, 0.25) is 0 Å². The van der Waals surface area contributed by atoms with Crippen LogP contribution in [0.3, 0.4) is 0 Å². The van der Waals surface area contributed by atoms with Gasteiger partial charge in [0.05, 0.1) is 0 Å². The Labute approximate surface area is 155 Å². The summed E-state index contributed by atoms with van der Waals surface area (Å²) in [5.41, 5.74) is 0. The molecule has 2 aliphatic rings. The van der Waals surface area contributed by atoms with E-state index in [9.17, 15) is 9.59 Å². The zero-order valence-corrected chi connectivity index (χ0v) is 16.6. The molecule has 0 spiro atoms. The highest BCUT2D eigenvalue weighted by molar-refractivity contribution is 8.13. The van der Waals surface area contributed by atoms with E-state index >= 15 is 0 Å². The summed E-state index contributed by atoms with van der Waals surface area (Å²) in [4.78, 5) is 32.7. The Bertz CT molecular complexity index is 497. The molecule has 0 radical (unpaired) electrons. The number of rotatable bonds is 10. The van der Waals surface area contributed by atoms with Gasteiger partial charge >= 0.3 is 6.03 Å². The molecule has 2 unspecified atom stereocenters. The van der Waals surface area contributed by atoms with Crippen molar-refractivity contribution in [2.75, 3.05) is 19.3 Å². The maximum absolute atomic E-state index is 12.4. The number of aliphatic imine (C=N–C) groups is 1. The monoisotopic (exact) mass is 368 g/mol. The maximum Gasteiger partial charge on any atom is 0.325 e. The summed E-state index contributed by atoms with van der Waals surface area (Å²) in [5, 5.41) is 3.39. The molecule has 0 bridgehead atoms. The number of unbranched alkanes of at least 4 members (excludes halogenated alkanes) is 6. The maximum atomic E-state index is 12.4. The number of imide groups is 1. The van der Waals surface area contributed by atoms with Crippen molar-refractivity contribution in [3.8, 4) is 0 Å². The molecule has 1 saturated heterocycles. The fourth-order valence-electron chi connectivity index (χ4n) is 3.23. The van der Waals surface area contributed by atoms with Gasteiger partial charge in [-0.05, 0) is 12.8 Å². The van der Waals surface area contributed by atoms with Gasteiger partial charge in [0.1, 0.15) is 0 Å². The molecule has 1 fully saturated rings. The number of urea groups is 1. The molecule has 2 aliphatic heterocycles. The molecule has 0 saturated carbocycles. The number of carbonyl (C=O) groups excluding carboxylic acids is 2. The highest BCUT2D eigenvalue weighted by atomic mass is 32.2. The van der Waals surface area contributed by atoms with Crippen LogP contribution in [0.5, 0.6) is 0 Å². The Morgan fingerprint density at radius 3 is 2.44 bits per heavy atom. The summed E-state index contributed by atoms with van der Waals surface area (Å²) < 4.78 is 0. The number of fused-ring (bicyclic) bond motifs is 1. The van der Waals surface area contributed by atoms with Crippen LogP contribution >= 0.6 is 11.8 Å². The number of nitrogens with zero attached hydrogens (tertiary/aromatic N) is 3. The first-order valence-electron chi connectivity index (χ1n) is 9.65. The van der Waals surface area contributed by atoms with E-state index in [-0.39, 0.29) is 24.1 Å². The highest BCUT2D eigenvalue weighted by Crippen LogP contribution is 2.29. The fourth-order valence-corrected chi connectivity index (χ4v) is 4.39. The first-order chi connectivity index (χ1) is 12.1. The van der Waals surface area contributed by atoms with Gasteiger partial charge in [-0.1, -0.05) is 64.1 Å². The predicted molar refractivity (Wildman–Crippen MR) is 104 cm³/mol. The number of hydrogen-bond acceptors (Lipinski definition) is 5. The normalized spacial score (nSPS) is 22.9. The van der Waals surface area contributed by atoms with Gasteiger partial charge in [0.25, 0.3) is 5.91 Å². The van der Waals surface area contributed by atoms with Gasteiger partial charge in [0, 0.05) is 19.3 Å². The first-order valence-corrected chi connectivity index (χ1v) is 10.6. The standard InChI is InChI=1S/C18H32N4O2S/c1-4-6-8-9-10-11-12-22-14-15(19-18(22)25-13-7-5-2)21(3)17(24)20-16(14)23/h14-15H,4-13H2,1-3H3,(H,20,23,24). The number of thioether (sulfide) groups is 1. The summed E-state index contributed by atoms with van der Waals surface area (Å²) in [6.45, 7) is 5.23. The van der Waals surface area contributed by atoms with Crippen LogP contribution in [0, 0.1) is 0 Å². The number of amides is 3. The Kier molecular flexibility index (Phi) is 8.06. The molecule has 3 amide bonds. The van der Waals surface area contributed by atoms with Crippen LogP contribution in [0.25, 0.3) is 0 Å². The van der Waals surface area contributed by atoms with E-state index in [1.54, 1.807) is 23.7 Å². The lowest BCUT2D eigenvalue weighted by Gasteiger charge is -2.36. The van der Waals surface area contributed by atoms with Crippen LogP contribution in [0.15, 0.2) is 4.99 Å². The molecule has 7 heteroatoms. The minimum Gasteiger partial charge on any atom is -0.336 e. The number of nitrogens with one attached hydrogen (secondary N) is 1. The molecule has 2 heterocycles. The van der Waals surface area contributed by atoms with Gasteiger partial charge in [-0.15, -0.1) is 0 Å². The molecule has 25 heavy (non-hydrogen) atoms. The molecule has 1 N–H and O–H groups in total. The van der Waals surface area contributed by atoms with Crippen molar-refractivity contribution in [1.29, 1.82) is 0 Å². The van der Waals surface area contributed by atoms with E-state index in [0.29, 0.717) is 0 Å². The number of amidine groups is 1. The molecule has 0 aromatic rings. The topological polar surface area (TPSA) is 65.0 Å². The van der Waals surface area contributed by atoms with E-state index in [1.165, 1.54) is 32.1 Å². The van der Waals surface area contributed by atoms with Gasteiger partial charge in [-0.2, -0.15) is 0 Å². The van der Waals surface area contributed by atoms with E-state index in [1.807, 2.05) is 0 Å². The largest absolute Gasteiger partial charge is 0.336 e. The fraction of sp³-hybridized carbons (Fsp3) is 0.833. The van der Waals surface area contributed by atoms with Gasteiger partial charge in [-0.3, -0.25) is 10.1 Å². The minimum atomic E-state index is -0.384. The molecule has 2 rings (SSSR count). The molecular formula is C18H32N4O2S. The lowest BCUT2D eigenvalue weighted by atomic mass is 10.1. The van der Waals surface area contributed by atoms with Gasteiger partial charge < -0.3 is 9.80 Å². The average Bonchev–Trinajstić information content (AvgIpc) is 2.95. The Morgan fingerprint density at radius 2 is 1.72 bits per heavy atom. The van der Waals surface area contributed by atoms with Crippen molar-refractivity contribution >= 4 is 28.9 Å². The van der Waals surface area contributed by atoms with Crippen LogP contribution < -0.4 is 5.32 Å².